The molecule has 0 saturated carbocycles. The molecule has 0 spiro atoms. The number of rotatable bonds is 4. The Morgan fingerprint density at radius 2 is 2.30 bits per heavy atom. The van der Waals surface area contributed by atoms with Gasteiger partial charge in [-0.1, -0.05) is 0 Å². The normalized spacial score (nSPS) is 24.9. The van der Waals surface area contributed by atoms with Crippen molar-refractivity contribution < 1.29 is 19.6 Å². The van der Waals surface area contributed by atoms with Crippen LogP contribution in [0.4, 0.5) is 10.6 Å². The van der Waals surface area contributed by atoms with Gasteiger partial charge in [-0.3, -0.25) is 9.47 Å². The molecule has 2 N–H and O–H groups in total. The molecule has 1 fully saturated rings. The SMILES string of the molecule is C[C@]1(CN2CCC(NC(=O)O)CC2)Cn2cc([N+](=O)[O-])nc2O1. The summed E-state index contributed by atoms with van der Waals surface area (Å²) < 4.78 is 7.48. The van der Waals surface area contributed by atoms with Gasteiger partial charge in [0.15, 0.2) is 0 Å². The summed E-state index contributed by atoms with van der Waals surface area (Å²) in [7, 11) is 0. The summed E-state index contributed by atoms with van der Waals surface area (Å²) >= 11 is 0. The molecule has 2 aliphatic heterocycles. The van der Waals surface area contributed by atoms with Crippen LogP contribution in [0.3, 0.4) is 0 Å². The van der Waals surface area contributed by atoms with Crippen LogP contribution in [0, 0.1) is 10.1 Å². The fourth-order valence-corrected chi connectivity index (χ4v) is 3.25. The van der Waals surface area contributed by atoms with Gasteiger partial charge in [0, 0.05) is 30.7 Å². The fourth-order valence-electron chi connectivity index (χ4n) is 3.25. The number of aromatic nitrogens is 2. The van der Waals surface area contributed by atoms with Crippen molar-refractivity contribution in [3.8, 4) is 6.01 Å². The van der Waals surface area contributed by atoms with E-state index in [9.17, 15) is 14.9 Å². The molecule has 1 saturated heterocycles. The molecule has 1 amide bonds. The van der Waals surface area contributed by atoms with Crippen molar-refractivity contribution in [1.29, 1.82) is 0 Å². The van der Waals surface area contributed by atoms with Crippen molar-refractivity contribution in [1.82, 2.24) is 19.8 Å². The van der Waals surface area contributed by atoms with Gasteiger partial charge in [-0.15, -0.1) is 0 Å². The van der Waals surface area contributed by atoms with Gasteiger partial charge in [-0.05, 0) is 24.7 Å². The first-order chi connectivity index (χ1) is 10.8. The number of carbonyl (C=O) groups is 1. The lowest BCUT2D eigenvalue weighted by molar-refractivity contribution is -0.389. The predicted octanol–water partition coefficient (Wildman–Crippen LogP) is 0.674. The van der Waals surface area contributed by atoms with Crippen LogP contribution in [-0.2, 0) is 6.54 Å². The topological polar surface area (TPSA) is 123 Å². The Labute approximate surface area is 132 Å². The highest BCUT2D eigenvalue weighted by atomic mass is 16.6. The molecule has 2 aliphatic rings. The Kier molecular flexibility index (Phi) is 3.84. The van der Waals surface area contributed by atoms with E-state index in [1.54, 1.807) is 4.57 Å². The van der Waals surface area contributed by atoms with Crippen molar-refractivity contribution in [3.05, 3.63) is 16.3 Å². The quantitative estimate of drug-likeness (QED) is 0.616. The largest absolute Gasteiger partial charge is 0.465 e. The third-order valence-electron chi connectivity index (χ3n) is 4.23. The van der Waals surface area contributed by atoms with Crippen LogP contribution in [0.1, 0.15) is 19.8 Å². The molecule has 0 radical (unpaired) electrons. The summed E-state index contributed by atoms with van der Waals surface area (Å²) in [6.07, 6.45) is 1.93. The van der Waals surface area contributed by atoms with Gasteiger partial charge < -0.3 is 25.3 Å². The van der Waals surface area contributed by atoms with Gasteiger partial charge in [-0.25, -0.2) is 4.79 Å². The number of piperidine rings is 1. The highest BCUT2D eigenvalue weighted by molar-refractivity contribution is 5.64. The van der Waals surface area contributed by atoms with Crippen LogP contribution < -0.4 is 10.1 Å². The van der Waals surface area contributed by atoms with E-state index in [0.29, 0.717) is 13.1 Å². The van der Waals surface area contributed by atoms with E-state index in [4.69, 9.17) is 9.84 Å². The maximum absolute atomic E-state index is 10.7. The molecule has 126 valence electrons. The fraction of sp³-hybridized carbons (Fsp3) is 0.692. The van der Waals surface area contributed by atoms with E-state index in [0.717, 1.165) is 25.9 Å². The first kappa shape index (κ1) is 15.5. The molecule has 0 bridgehead atoms. The zero-order valence-electron chi connectivity index (χ0n) is 12.8. The second kappa shape index (κ2) is 5.69. The number of likely N-dealkylation sites (tertiary alicyclic amines) is 1. The average Bonchev–Trinajstić information content (AvgIpc) is 2.95. The van der Waals surface area contributed by atoms with Crippen LogP contribution in [0.15, 0.2) is 6.20 Å². The predicted molar refractivity (Wildman–Crippen MR) is 78.5 cm³/mol. The molecule has 3 heterocycles. The summed E-state index contributed by atoms with van der Waals surface area (Å²) in [4.78, 5) is 26.9. The van der Waals surface area contributed by atoms with Gasteiger partial charge >= 0.3 is 17.9 Å². The lowest BCUT2D eigenvalue weighted by Crippen LogP contribution is -2.50. The zero-order valence-corrected chi connectivity index (χ0v) is 12.8. The van der Waals surface area contributed by atoms with Crippen molar-refractivity contribution in [2.75, 3.05) is 19.6 Å². The number of amides is 1. The third kappa shape index (κ3) is 3.36. The number of imidazole rings is 1. The van der Waals surface area contributed by atoms with Gasteiger partial charge in [0.2, 0.25) is 0 Å². The lowest BCUT2D eigenvalue weighted by Gasteiger charge is -2.36. The van der Waals surface area contributed by atoms with Crippen LogP contribution in [-0.4, -0.2) is 61.9 Å². The summed E-state index contributed by atoms with van der Waals surface area (Å²) in [6.45, 7) is 4.70. The van der Waals surface area contributed by atoms with E-state index in [-0.39, 0.29) is 17.9 Å². The standard InChI is InChI=1S/C13H19N5O5/c1-13(7-16-4-2-9(3-5-16)14-12(19)20)8-17-6-10(18(21)22)15-11(17)23-13/h6,9,14H,2-5,7-8H2,1H3,(H,19,20)/t13-/m0/s1. The molecule has 23 heavy (non-hydrogen) atoms. The summed E-state index contributed by atoms with van der Waals surface area (Å²) in [5, 5.41) is 22.0. The van der Waals surface area contributed by atoms with Crippen molar-refractivity contribution >= 4 is 11.9 Å². The maximum Gasteiger partial charge on any atom is 0.415 e. The minimum atomic E-state index is -0.985. The second-order valence-electron chi connectivity index (χ2n) is 6.32. The molecule has 1 aromatic heterocycles. The number of nitrogens with one attached hydrogen (secondary N) is 1. The maximum atomic E-state index is 10.7. The highest BCUT2D eigenvalue weighted by Crippen LogP contribution is 2.31. The Bertz CT molecular complexity index is 599. The molecule has 0 unspecified atom stereocenters. The number of nitro groups is 1. The minimum Gasteiger partial charge on any atom is -0.465 e. The molecule has 0 aromatic carbocycles. The molecule has 3 rings (SSSR count). The molecule has 1 aromatic rings. The number of hydrogen-bond acceptors (Lipinski definition) is 6. The van der Waals surface area contributed by atoms with Crippen LogP contribution >= 0.6 is 0 Å². The monoisotopic (exact) mass is 325 g/mol. The van der Waals surface area contributed by atoms with E-state index in [1.165, 1.54) is 6.20 Å². The van der Waals surface area contributed by atoms with Gasteiger partial charge in [0.25, 0.3) is 0 Å². The molecular weight excluding hydrogens is 306 g/mol. The molecular formula is C13H19N5O5. The van der Waals surface area contributed by atoms with E-state index < -0.39 is 16.6 Å². The third-order valence-corrected chi connectivity index (χ3v) is 4.23. The van der Waals surface area contributed by atoms with Crippen LogP contribution in [0.2, 0.25) is 0 Å². The zero-order chi connectivity index (χ0) is 16.6. The number of ether oxygens (including phenoxy) is 1. The number of nitrogens with zero attached hydrogens (tertiary/aromatic N) is 4. The Balaban J connectivity index is 1.54. The Morgan fingerprint density at radius 1 is 1.61 bits per heavy atom. The van der Waals surface area contributed by atoms with Gasteiger partial charge in [0.1, 0.15) is 11.8 Å². The summed E-state index contributed by atoms with van der Waals surface area (Å²) in [6, 6.07) is 0.278. The van der Waals surface area contributed by atoms with E-state index in [1.807, 2.05) is 6.92 Å². The molecule has 10 nitrogen and oxygen atoms in total. The molecule has 1 atom stereocenters. The highest BCUT2D eigenvalue weighted by Gasteiger charge is 2.41. The molecule has 0 aliphatic carbocycles. The number of carboxylic acid groups (broad SMARTS) is 1. The van der Waals surface area contributed by atoms with Gasteiger partial charge in [-0.2, -0.15) is 0 Å². The van der Waals surface area contributed by atoms with Crippen molar-refractivity contribution in [3.63, 3.8) is 0 Å². The lowest BCUT2D eigenvalue weighted by atomic mass is 10.0. The first-order valence-corrected chi connectivity index (χ1v) is 7.47. The van der Waals surface area contributed by atoms with E-state index in [2.05, 4.69) is 15.2 Å². The van der Waals surface area contributed by atoms with Crippen LogP contribution in [0.25, 0.3) is 0 Å². The van der Waals surface area contributed by atoms with E-state index >= 15 is 0 Å². The molecule has 10 heteroatoms. The smallest absolute Gasteiger partial charge is 0.415 e. The van der Waals surface area contributed by atoms with Gasteiger partial charge in [0.05, 0.1) is 6.54 Å². The summed E-state index contributed by atoms with van der Waals surface area (Å²) in [5.74, 6) is -0.206. The average molecular weight is 325 g/mol. The minimum absolute atomic E-state index is 0.000795. The Hall–Kier alpha value is -2.36. The summed E-state index contributed by atoms with van der Waals surface area (Å²) in [5.41, 5.74) is -0.482. The van der Waals surface area contributed by atoms with Crippen molar-refractivity contribution in [2.24, 2.45) is 0 Å². The van der Waals surface area contributed by atoms with Crippen LogP contribution in [0.5, 0.6) is 6.01 Å². The first-order valence-electron chi connectivity index (χ1n) is 7.47. The number of fused-ring (bicyclic) bond motifs is 1. The second-order valence-corrected chi connectivity index (χ2v) is 6.32. The Morgan fingerprint density at radius 3 is 2.87 bits per heavy atom. The van der Waals surface area contributed by atoms with Crippen molar-refractivity contribution in [2.45, 2.75) is 38.0 Å². The number of hydrogen-bond donors (Lipinski definition) is 2.